The molecule has 0 radical (unpaired) electrons. The number of pyridine rings is 1. The highest BCUT2D eigenvalue weighted by molar-refractivity contribution is 7.22. The highest BCUT2D eigenvalue weighted by Crippen LogP contribution is 2.36. The zero-order chi connectivity index (χ0) is 18.1. The van der Waals surface area contributed by atoms with E-state index in [1.165, 1.54) is 0 Å². The number of aryl methyl sites for hydroxylation is 1. The minimum atomic E-state index is 0.0930. The number of hydrogen-bond acceptors (Lipinski definition) is 4. The second-order valence-corrected chi connectivity index (χ2v) is 8.16. The van der Waals surface area contributed by atoms with Gasteiger partial charge in [0.05, 0.1) is 22.5 Å². The van der Waals surface area contributed by atoms with Crippen LogP contribution in [0.1, 0.15) is 36.9 Å². The molecule has 1 fully saturated rings. The van der Waals surface area contributed by atoms with Gasteiger partial charge in [-0.3, -0.25) is 14.7 Å². The van der Waals surface area contributed by atoms with Crippen LogP contribution in [0, 0.1) is 12.8 Å². The van der Waals surface area contributed by atoms with Crippen molar-refractivity contribution in [3.8, 4) is 0 Å². The largest absolute Gasteiger partial charge is 0.282 e. The Morgan fingerprint density at radius 3 is 2.81 bits per heavy atom. The molecule has 0 atom stereocenters. The Labute approximate surface area is 161 Å². The third-order valence-corrected chi connectivity index (χ3v) is 6.44. The molecule has 2 heterocycles. The van der Waals surface area contributed by atoms with Crippen LogP contribution in [-0.4, -0.2) is 15.9 Å². The van der Waals surface area contributed by atoms with Crippen LogP contribution < -0.4 is 4.90 Å². The van der Waals surface area contributed by atoms with Crippen LogP contribution in [0.15, 0.2) is 36.5 Å². The van der Waals surface area contributed by atoms with Crippen molar-refractivity contribution in [3.05, 3.63) is 52.8 Å². The molecule has 0 bridgehead atoms. The van der Waals surface area contributed by atoms with Crippen LogP contribution in [0.3, 0.4) is 0 Å². The number of amides is 1. The number of anilines is 1. The van der Waals surface area contributed by atoms with E-state index >= 15 is 0 Å². The van der Waals surface area contributed by atoms with E-state index in [1.54, 1.807) is 17.5 Å². The van der Waals surface area contributed by atoms with Crippen molar-refractivity contribution in [1.29, 1.82) is 0 Å². The van der Waals surface area contributed by atoms with Crippen molar-refractivity contribution >= 4 is 44.2 Å². The molecule has 0 saturated heterocycles. The number of benzene rings is 1. The lowest BCUT2D eigenvalue weighted by atomic mass is 10.1. The molecule has 1 saturated carbocycles. The Kier molecular flexibility index (Phi) is 4.92. The second kappa shape index (κ2) is 7.33. The molecule has 2 aromatic heterocycles. The van der Waals surface area contributed by atoms with Crippen LogP contribution in [0.25, 0.3) is 10.2 Å². The summed E-state index contributed by atoms with van der Waals surface area (Å²) in [5, 5.41) is 1.43. The Hall–Kier alpha value is -1.98. The standard InChI is InChI=1S/C20H20ClN3OS/c1-13-16(21)9-10-17-18(13)23-20(26-17)24(12-15-8-4-5-11-22-15)19(25)14-6-2-3-7-14/h4-5,8-11,14H,2-3,6-7,12H2,1H3. The van der Waals surface area contributed by atoms with Gasteiger partial charge >= 0.3 is 0 Å². The average molecular weight is 386 g/mol. The molecular weight excluding hydrogens is 366 g/mol. The molecule has 3 aromatic rings. The van der Waals surface area contributed by atoms with Crippen molar-refractivity contribution in [2.75, 3.05) is 4.90 Å². The van der Waals surface area contributed by atoms with Gasteiger partial charge in [0.2, 0.25) is 5.91 Å². The van der Waals surface area contributed by atoms with Gasteiger partial charge in [-0.05, 0) is 49.6 Å². The molecule has 0 aliphatic heterocycles. The summed E-state index contributed by atoms with van der Waals surface area (Å²) in [6.45, 7) is 2.42. The molecule has 1 aliphatic rings. The Morgan fingerprint density at radius 2 is 2.08 bits per heavy atom. The summed E-state index contributed by atoms with van der Waals surface area (Å²) in [6, 6.07) is 9.65. The van der Waals surface area contributed by atoms with Crippen LogP contribution in [0.2, 0.25) is 5.02 Å². The Bertz CT molecular complexity index is 935. The summed E-state index contributed by atoms with van der Waals surface area (Å²) in [7, 11) is 0. The van der Waals surface area contributed by atoms with Gasteiger partial charge in [-0.25, -0.2) is 4.98 Å². The van der Waals surface area contributed by atoms with Gasteiger partial charge in [0.1, 0.15) is 0 Å². The zero-order valence-corrected chi connectivity index (χ0v) is 16.2. The third kappa shape index (κ3) is 3.33. The number of aromatic nitrogens is 2. The topological polar surface area (TPSA) is 46.1 Å². The second-order valence-electron chi connectivity index (χ2n) is 6.74. The number of fused-ring (bicyclic) bond motifs is 1. The highest BCUT2D eigenvalue weighted by atomic mass is 35.5. The van der Waals surface area contributed by atoms with Gasteiger partial charge in [-0.2, -0.15) is 0 Å². The number of nitrogens with zero attached hydrogens (tertiary/aromatic N) is 3. The van der Waals surface area contributed by atoms with Crippen molar-refractivity contribution in [1.82, 2.24) is 9.97 Å². The fourth-order valence-electron chi connectivity index (χ4n) is 3.49. The molecule has 1 aromatic carbocycles. The number of thiazole rings is 1. The molecule has 0 spiro atoms. The predicted octanol–water partition coefficient (Wildman–Crippen LogP) is 5.38. The summed E-state index contributed by atoms with van der Waals surface area (Å²) < 4.78 is 1.05. The van der Waals surface area contributed by atoms with Gasteiger partial charge < -0.3 is 0 Å². The Morgan fingerprint density at radius 1 is 1.27 bits per heavy atom. The van der Waals surface area contributed by atoms with E-state index in [9.17, 15) is 4.79 Å². The lowest BCUT2D eigenvalue weighted by Gasteiger charge is -2.22. The van der Waals surface area contributed by atoms with Crippen LogP contribution >= 0.6 is 22.9 Å². The average Bonchev–Trinajstić information content (AvgIpc) is 3.33. The van der Waals surface area contributed by atoms with E-state index in [0.29, 0.717) is 11.6 Å². The summed E-state index contributed by atoms with van der Waals surface area (Å²) in [5.41, 5.74) is 2.70. The molecule has 1 amide bonds. The fourth-order valence-corrected chi connectivity index (χ4v) is 4.67. The van der Waals surface area contributed by atoms with Gasteiger partial charge in [-0.1, -0.05) is 41.8 Å². The van der Waals surface area contributed by atoms with E-state index in [0.717, 1.165) is 52.3 Å². The molecule has 4 nitrogen and oxygen atoms in total. The summed E-state index contributed by atoms with van der Waals surface area (Å²) in [6.07, 6.45) is 5.95. The first-order valence-corrected chi connectivity index (χ1v) is 10.1. The van der Waals surface area contributed by atoms with Crippen LogP contribution in [-0.2, 0) is 11.3 Å². The van der Waals surface area contributed by atoms with Crippen molar-refractivity contribution < 1.29 is 4.79 Å². The minimum absolute atomic E-state index is 0.0930. The SMILES string of the molecule is Cc1c(Cl)ccc2sc(N(Cc3ccccn3)C(=O)C3CCCC3)nc12. The van der Waals surface area contributed by atoms with Gasteiger partial charge in [0.15, 0.2) is 5.13 Å². The Balaban J connectivity index is 1.74. The van der Waals surface area contributed by atoms with E-state index in [1.807, 2.05) is 42.2 Å². The number of carbonyl (C=O) groups is 1. The van der Waals surface area contributed by atoms with E-state index in [2.05, 4.69) is 4.98 Å². The normalized spacial score (nSPS) is 14.8. The van der Waals surface area contributed by atoms with Crippen LogP contribution in [0.5, 0.6) is 0 Å². The minimum Gasteiger partial charge on any atom is -0.282 e. The van der Waals surface area contributed by atoms with Gasteiger partial charge in [0.25, 0.3) is 0 Å². The predicted molar refractivity (Wildman–Crippen MR) is 107 cm³/mol. The number of hydrogen-bond donors (Lipinski definition) is 0. The molecular formula is C20H20ClN3OS. The van der Waals surface area contributed by atoms with Gasteiger partial charge in [-0.15, -0.1) is 0 Å². The first-order chi connectivity index (χ1) is 12.6. The maximum atomic E-state index is 13.2. The number of halogens is 1. The smallest absolute Gasteiger partial charge is 0.232 e. The number of carbonyl (C=O) groups excluding carboxylic acids is 1. The molecule has 134 valence electrons. The molecule has 0 N–H and O–H groups in total. The highest BCUT2D eigenvalue weighted by Gasteiger charge is 2.30. The van der Waals surface area contributed by atoms with E-state index < -0.39 is 0 Å². The van der Waals surface area contributed by atoms with Crippen LogP contribution in [0.4, 0.5) is 5.13 Å². The van der Waals surface area contributed by atoms with E-state index in [4.69, 9.17) is 16.6 Å². The lowest BCUT2D eigenvalue weighted by Crippen LogP contribution is -2.35. The number of rotatable bonds is 4. The molecule has 26 heavy (non-hydrogen) atoms. The molecule has 4 rings (SSSR count). The first kappa shape index (κ1) is 17.4. The summed E-state index contributed by atoms with van der Waals surface area (Å²) in [4.78, 5) is 24.2. The van der Waals surface area contributed by atoms with Gasteiger partial charge in [0, 0.05) is 17.1 Å². The van der Waals surface area contributed by atoms with Crippen molar-refractivity contribution in [2.45, 2.75) is 39.2 Å². The molecule has 1 aliphatic carbocycles. The lowest BCUT2D eigenvalue weighted by molar-refractivity contribution is -0.122. The quantitative estimate of drug-likeness (QED) is 0.605. The summed E-state index contributed by atoms with van der Waals surface area (Å²) >= 11 is 7.79. The fraction of sp³-hybridized carbons (Fsp3) is 0.350. The van der Waals surface area contributed by atoms with Crippen molar-refractivity contribution in [3.63, 3.8) is 0 Å². The monoisotopic (exact) mass is 385 g/mol. The third-order valence-electron chi connectivity index (χ3n) is 4.98. The molecule has 6 heteroatoms. The van der Waals surface area contributed by atoms with Crippen molar-refractivity contribution in [2.24, 2.45) is 5.92 Å². The summed E-state index contributed by atoms with van der Waals surface area (Å²) in [5.74, 6) is 0.256. The zero-order valence-electron chi connectivity index (χ0n) is 14.6. The van der Waals surface area contributed by atoms with E-state index in [-0.39, 0.29) is 11.8 Å². The molecule has 0 unspecified atom stereocenters. The first-order valence-electron chi connectivity index (χ1n) is 8.90. The maximum absolute atomic E-state index is 13.2. The maximum Gasteiger partial charge on any atom is 0.232 e.